The molecule has 3 rings (SSSR count). The SMILES string of the molecule is O=C(NCCCc1ccc(Cl)cc1)C1CCN(S(=O)(=O)Cc2ccc(Cl)c(Cl)c2)CC1. The van der Waals surface area contributed by atoms with Gasteiger partial charge in [0.05, 0.1) is 15.8 Å². The molecule has 1 heterocycles. The van der Waals surface area contributed by atoms with Gasteiger partial charge in [-0.15, -0.1) is 0 Å². The summed E-state index contributed by atoms with van der Waals surface area (Å²) in [6.07, 6.45) is 2.74. The fraction of sp³-hybridized carbons (Fsp3) is 0.409. The molecule has 0 bridgehead atoms. The third-order valence-electron chi connectivity index (χ3n) is 5.41. The first-order valence-corrected chi connectivity index (χ1v) is 12.9. The number of carbonyl (C=O) groups is 1. The predicted molar refractivity (Wildman–Crippen MR) is 126 cm³/mol. The summed E-state index contributed by atoms with van der Waals surface area (Å²) in [4.78, 5) is 12.4. The van der Waals surface area contributed by atoms with Crippen molar-refractivity contribution in [2.75, 3.05) is 19.6 Å². The van der Waals surface area contributed by atoms with Crippen LogP contribution in [0.3, 0.4) is 0 Å². The summed E-state index contributed by atoms with van der Waals surface area (Å²) in [5.74, 6) is -0.296. The number of halogens is 3. The lowest BCUT2D eigenvalue weighted by molar-refractivity contribution is -0.126. The standard InChI is InChI=1S/C22H25Cl3N2O3S/c23-19-6-3-16(4-7-19)2-1-11-26-22(28)18-9-12-27(13-10-18)31(29,30)15-17-5-8-20(24)21(25)14-17/h3-8,14,18H,1-2,9-13,15H2,(H,26,28). The maximum absolute atomic E-state index is 12.7. The molecular weight excluding hydrogens is 479 g/mol. The number of hydrogen-bond donors (Lipinski definition) is 1. The smallest absolute Gasteiger partial charge is 0.223 e. The summed E-state index contributed by atoms with van der Waals surface area (Å²) < 4.78 is 26.9. The van der Waals surface area contributed by atoms with Crippen LogP contribution in [0.5, 0.6) is 0 Å². The normalized spacial score (nSPS) is 15.7. The summed E-state index contributed by atoms with van der Waals surface area (Å²) in [5.41, 5.74) is 1.77. The highest BCUT2D eigenvalue weighted by molar-refractivity contribution is 7.88. The highest BCUT2D eigenvalue weighted by atomic mass is 35.5. The maximum Gasteiger partial charge on any atom is 0.223 e. The van der Waals surface area contributed by atoms with Crippen LogP contribution in [0.2, 0.25) is 15.1 Å². The highest BCUT2D eigenvalue weighted by Crippen LogP contribution is 2.26. The maximum atomic E-state index is 12.7. The van der Waals surface area contributed by atoms with Crippen LogP contribution in [0, 0.1) is 5.92 Å². The topological polar surface area (TPSA) is 66.5 Å². The Labute approximate surface area is 198 Å². The van der Waals surface area contributed by atoms with Crippen molar-refractivity contribution in [2.45, 2.75) is 31.4 Å². The molecule has 1 fully saturated rings. The third kappa shape index (κ3) is 7.09. The van der Waals surface area contributed by atoms with Crippen molar-refractivity contribution in [1.29, 1.82) is 0 Å². The molecule has 1 amide bonds. The van der Waals surface area contributed by atoms with Gasteiger partial charge in [-0.05, 0) is 61.1 Å². The molecule has 1 aliphatic rings. The van der Waals surface area contributed by atoms with E-state index in [0.717, 1.165) is 12.8 Å². The molecule has 0 unspecified atom stereocenters. The number of nitrogens with zero attached hydrogens (tertiary/aromatic N) is 1. The number of aryl methyl sites for hydroxylation is 1. The lowest BCUT2D eigenvalue weighted by Gasteiger charge is -2.30. The number of amides is 1. The van der Waals surface area contributed by atoms with E-state index in [9.17, 15) is 13.2 Å². The number of hydrogen-bond acceptors (Lipinski definition) is 3. The van der Waals surface area contributed by atoms with E-state index in [-0.39, 0.29) is 17.6 Å². The summed E-state index contributed by atoms with van der Waals surface area (Å²) >= 11 is 17.8. The molecule has 9 heteroatoms. The number of piperidine rings is 1. The summed E-state index contributed by atoms with van der Waals surface area (Å²) in [6.45, 7) is 1.27. The zero-order chi connectivity index (χ0) is 22.4. The zero-order valence-electron chi connectivity index (χ0n) is 17.0. The lowest BCUT2D eigenvalue weighted by atomic mass is 9.97. The Balaban J connectivity index is 1.42. The van der Waals surface area contributed by atoms with E-state index in [4.69, 9.17) is 34.8 Å². The fourth-order valence-electron chi connectivity index (χ4n) is 3.63. The van der Waals surface area contributed by atoms with Crippen molar-refractivity contribution in [1.82, 2.24) is 9.62 Å². The van der Waals surface area contributed by atoms with Crippen LogP contribution in [0.15, 0.2) is 42.5 Å². The second kappa shape index (κ2) is 11.0. The first-order chi connectivity index (χ1) is 14.7. The number of nitrogens with one attached hydrogen (secondary N) is 1. The van der Waals surface area contributed by atoms with Crippen LogP contribution < -0.4 is 5.32 Å². The molecule has 1 saturated heterocycles. The van der Waals surface area contributed by atoms with Gasteiger partial charge in [-0.3, -0.25) is 4.79 Å². The molecule has 2 aromatic carbocycles. The van der Waals surface area contributed by atoms with Gasteiger partial charge in [0.2, 0.25) is 15.9 Å². The van der Waals surface area contributed by atoms with E-state index in [0.29, 0.717) is 53.1 Å². The minimum Gasteiger partial charge on any atom is -0.356 e. The quantitative estimate of drug-likeness (QED) is 0.519. The first kappa shape index (κ1) is 24.3. The minimum atomic E-state index is -3.48. The Kier molecular flexibility index (Phi) is 8.65. The second-order valence-electron chi connectivity index (χ2n) is 7.70. The Morgan fingerprint density at radius 1 is 0.968 bits per heavy atom. The number of rotatable bonds is 8. The molecule has 0 atom stereocenters. The van der Waals surface area contributed by atoms with Crippen molar-refractivity contribution in [3.8, 4) is 0 Å². The average molecular weight is 504 g/mol. The highest BCUT2D eigenvalue weighted by Gasteiger charge is 2.31. The Morgan fingerprint density at radius 3 is 2.26 bits per heavy atom. The monoisotopic (exact) mass is 502 g/mol. The van der Waals surface area contributed by atoms with E-state index in [2.05, 4.69) is 5.32 Å². The van der Waals surface area contributed by atoms with Crippen LogP contribution in [0.4, 0.5) is 0 Å². The lowest BCUT2D eigenvalue weighted by Crippen LogP contribution is -2.43. The van der Waals surface area contributed by atoms with Crippen molar-refractivity contribution in [3.05, 3.63) is 68.7 Å². The largest absolute Gasteiger partial charge is 0.356 e. The molecule has 0 saturated carbocycles. The van der Waals surface area contributed by atoms with Crippen molar-refractivity contribution >= 4 is 50.7 Å². The van der Waals surface area contributed by atoms with Gasteiger partial charge in [-0.1, -0.05) is 53.0 Å². The Morgan fingerprint density at radius 2 is 1.61 bits per heavy atom. The molecule has 1 N–H and O–H groups in total. The van der Waals surface area contributed by atoms with Crippen molar-refractivity contribution in [3.63, 3.8) is 0 Å². The van der Waals surface area contributed by atoms with Gasteiger partial charge < -0.3 is 5.32 Å². The number of carbonyl (C=O) groups excluding carboxylic acids is 1. The van der Waals surface area contributed by atoms with Crippen LogP contribution in [-0.4, -0.2) is 38.3 Å². The second-order valence-corrected chi connectivity index (χ2v) is 10.9. The summed E-state index contributed by atoms with van der Waals surface area (Å²) in [7, 11) is -3.48. The molecule has 0 radical (unpaired) electrons. The van der Waals surface area contributed by atoms with Crippen LogP contribution in [0.25, 0.3) is 0 Å². The van der Waals surface area contributed by atoms with Gasteiger partial charge in [0.25, 0.3) is 0 Å². The molecule has 31 heavy (non-hydrogen) atoms. The van der Waals surface area contributed by atoms with Crippen LogP contribution in [-0.2, 0) is 27.0 Å². The number of benzene rings is 2. The molecule has 0 aromatic heterocycles. The molecule has 2 aromatic rings. The number of sulfonamides is 1. The Bertz CT molecular complexity index is 1010. The summed E-state index contributed by atoms with van der Waals surface area (Å²) in [6, 6.07) is 12.5. The van der Waals surface area contributed by atoms with Gasteiger partial charge in [-0.25, -0.2) is 12.7 Å². The molecule has 1 aliphatic heterocycles. The van der Waals surface area contributed by atoms with Crippen molar-refractivity contribution in [2.24, 2.45) is 5.92 Å². The summed E-state index contributed by atoms with van der Waals surface area (Å²) in [5, 5.41) is 4.41. The molecule has 0 aliphatic carbocycles. The molecular formula is C22H25Cl3N2O3S. The molecule has 5 nitrogen and oxygen atoms in total. The van der Waals surface area contributed by atoms with Gasteiger partial charge in [0, 0.05) is 30.6 Å². The van der Waals surface area contributed by atoms with Gasteiger partial charge >= 0.3 is 0 Å². The van der Waals surface area contributed by atoms with Gasteiger partial charge in [-0.2, -0.15) is 0 Å². The van der Waals surface area contributed by atoms with Crippen LogP contribution in [0.1, 0.15) is 30.4 Å². The Hall–Kier alpha value is -1.31. The van der Waals surface area contributed by atoms with Crippen molar-refractivity contribution < 1.29 is 13.2 Å². The molecule has 168 valence electrons. The molecule has 0 spiro atoms. The van der Waals surface area contributed by atoms with Gasteiger partial charge in [0.1, 0.15) is 0 Å². The first-order valence-electron chi connectivity index (χ1n) is 10.2. The zero-order valence-corrected chi connectivity index (χ0v) is 20.1. The fourth-order valence-corrected chi connectivity index (χ4v) is 5.62. The predicted octanol–water partition coefficient (Wildman–Crippen LogP) is 4.94. The van der Waals surface area contributed by atoms with Gasteiger partial charge in [0.15, 0.2) is 0 Å². The third-order valence-corrected chi connectivity index (χ3v) is 8.25. The van der Waals surface area contributed by atoms with E-state index in [1.54, 1.807) is 18.2 Å². The van der Waals surface area contributed by atoms with E-state index < -0.39 is 10.0 Å². The van der Waals surface area contributed by atoms with E-state index in [1.807, 2.05) is 24.3 Å². The van der Waals surface area contributed by atoms with E-state index in [1.165, 1.54) is 9.87 Å². The van der Waals surface area contributed by atoms with Crippen LogP contribution >= 0.6 is 34.8 Å². The van der Waals surface area contributed by atoms with E-state index >= 15 is 0 Å². The minimum absolute atomic E-state index is 0.00219. The average Bonchev–Trinajstić information content (AvgIpc) is 2.75.